The second-order valence-corrected chi connectivity index (χ2v) is 7.88. The van der Waals surface area contributed by atoms with Gasteiger partial charge < -0.3 is 11.1 Å². The third-order valence-electron chi connectivity index (χ3n) is 4.36. The standard InChI is InChI=1S/C22H16F6N2OS/c23-21(24,25)14-10-15(22(26,27)28)12-16(11-14)30-20(31)19(13-6-2-1-3-7-13)32-18-9-5-4-8-17(18)29/h1-12,19H,29H2,(H,30,31)/t19-/m0/s1. The lowest BCUT2D eigenvalue weighted by atomic mass is 10.1. The van der Waals surface area contributed by atoms with Gasteiger partial charge in [0.25, 0.3) is 0 Å². The number of rotatable bonds is 5. The van der Waals surface area contributed by atoms with Crippen molar-refractivity contribution < 1.29 is 31.1 Å². The van der Waals surface area contributed by atoms with Crippen molar-refractivity contribution in [2.24, 2.45) is 0 Å². The molecule has 168 valence electrons. The van der Waals surface area contributed by atoms with Crippen molar-refractivity contribution in [1.29, 1.82) is 0 Å². The molecule has 0 aliphatic carbocycles. The zero-order valence-corrected chi connectivity index (χ0v) is 17.0. The van der Waals surface area contributed by atoms with Crippen molar-refractivity contribution in [1.82, 2.24) is 0 Å². The fourth-order valence-corrected chi connectivity index (χ4v) is 3.92. The number of thioether (sulfide) groups is 1. The number of hydrogen-bond donors (Lipinski definition) is 2. The summed E-state index contributed by atoms with van der Waals surface area (Å²) in [7, 11) is 0. The summed E-state index contributed by atoms with van der Waals surface area (Å²) in [5, 5.41) is 1.22. The summed E-state index contributed by atoms with van der Waals surface area (Å²) in [5.74, 6) is -0.795. The van der Waals surface area contributed by atoms with E-state index in [9.17, 15) is 31.1 Å². The SMILES string of the molecule is Nc1ccccc1S[C@H](C(=O)Nc1cc(C(F)(F)F)cc(C(F)(F)F)c1)c1ccccc1. The van der Waals surface area contributed by atoms with Crippen molar-refractivity contribution in [3.63, 3.8) is 0 Å². The van der Waals surface area contributed by atoms with E-state index in [0.717, 1.165) is 11.8 Å². The van der Waals surface area contributed by atoms with Gasteiger partial charge in [-0.2, -0.15) is 26.3 Å². The zero-order valence-electron chi connectivity index (χ0n) is 16.2. The number of amides is 1. The molecule has 0 saturated carbocycles. The number of carbonyl (C=O) groups is 1. The van der Waals surface area contributed by atoms with E-state index >= 15 is 0 Å². The zero-order chi connectivity index (χ0) is 23.5. The fourth-order valence-electron chi connectivity index (χ4n) is 2.85. The molecular formula is C22H16F6N2OS. The predicted molar refractivity (Wildman–Crippen MR) is 111 cm³/mol. The van der Waals surface area contributed by atoms with Gasteiger partial charge in [0.1, 0.15) is 5.25 Å². The Kier molecular flexibility index (Phi) is 6.73. The third kappa shape index (κ3) is 5.76. The van der Waals surface area contributed by atoms with Gasteiger partial charge in [-0.25, -0.2) is 0 Å². The van der Waals surface area contributed by atoms with E-state index in [1.54, 1.807) is 54.6 Å². The molecule has 0 heterocycles. The number of benzene rings is 3. The molecule has 0 radical (unpaired) electrons. The van der Waals surface area contributed by atoms with Gasteiger partial charge in [0.2, 0.25) is 5.91 Å². The molecular weight excluding hydrogens is 454 g/mol. The minimum atomic E-state index is -5.02. The summed E-state index contributed by atoms with van der Waals surface area (Å²) in [6.07, 6.45) is -10.0. The molecule has 0 spiro atoms. The quantitative estimate of drug-likeness (QED) is 0.246. The molecule has 3 aromatic rings. The first kappa shape index (κ1) is 23.5. The van der Waals surface area contributed by atoms with Crippen LogP contribution in [0.2, 0.25) is 0 Å². The van der Waals surface area contributed by atoms with Gasteiger partial charge in [-0.05, 0) is 35.9 Å². The second kappa shape index (κ2) is 9.15. The summed E-state index contributed by atoms with van der Waals surface area (Å²) < 4.78 is 78.8. The Balaban J connectivity index is 1.98. The number of nitrogens with two attached hydrogens (primary N) is 1. The van der Waals surface area contributed by atoms with Crippen LogP contribution in [0.1, 0.15) is 21.9 Å². The van der Waals surface area contributed by atoms with Gasteiger partial charge in [0.05, 0.1) is 11.1 Å². The van der Waals surface area contributed by atoms with Crippen LogP contribution in [-0.4, -0.2) is 5.91 Å². The molecule has 0 aromatic heterocycles. The van der Waals surface area contributed by atoms with E-state index < -0.39 is 40.3 Å². The van der Waals surface area contributed by atoms with Crippen molar-refractivity contribution in [2.45, 2.75) is 22.5 Å². The summed E-state index contributed by atoms with van der Waals surface area (Å²) in [6, 6.07) is 15.9. The number of nitrogens with one attached hydrogen (secondary N) is 1. The average molecular weight is 470 g/mol. The van der Waals surface area contributed by atoms with Crippen molar-refractivity contribution >= 4 is 29.0 Å². The highest BCUT2D eigenvalue weighted by Gasteiger charge is 2.37. The first-order chi connectivity index (χ1) is 14.9. The summed E-state index contributed by atoms with van der Waals surface area (Å²) in [5.41, 5.74) is 3.17. The molecule has 0 unspecified atom stereocenters. The Labute approximate surface area is 183 Å². The average Bonchev–Trinajstić information content (AvgIpc) is 2.72. The highest BCUT2D eigenvalue weighted by molar-refractivity contribution is 8.00. The van der Waals surface area contributed by atoms with E-state index in [4.69, 9.17) is 5.73 Å². The Morgan fingerprint density at radius 1 is 0.812 bits per heavy atom. The molecule has 3 rings (SSSR count). The number of nitrogen functional groups attached to an aromatic ring is 1. The van der Waals surface area contributed by atoms with Gasteiger partial charge in [-0.15, -0.1) is 11.8 Å². The fraction of sp³-hybridized carbons (Fsp3) is 0.136. The van der Waals surface area contributed by atoms with E-state index in [1.165, 1.54) is 0 Å². The van der Waals surface area contributed by atoms with Crippen LogP contribution < -0.4 is 11.1 Å². The smallest absolute Gasteiger partial charge is 0.398 e. The lowest BCUT2D eigenvalue weighted by molar-refractivity contribution is -0.143. The first-order valence-electron chi connectivity index (χ1n) is 9.11. The maximum absolute atomic E-state index is 13.1. The number of halogens is 6. The van der Waals surface area contributed by atoms with Gasteiger partial charge >= 0.3 is 12.4 Å². The Hall–Kier alpha value is -3.14. The molecule has 0 aliphatic rings. The van der Waals surface area contributed by atoms with Gasteiger partial charge in [0, 0.05) is 16.3 Å². The minimum absolute atomic E-state index is 0.00372. The Morgan fingerprint density at radius 3 is 1.88 bits per heavy atom. The topological polar surface area (TPSA) is 55.1 Å². The molecule has 3 nitrogen and oxygen atoms in total. The Morgan fingerprint density at radius 2 is 1.34 bits per heavy atom. The van der Waals surface area contributed by atoms with Crippen LogP contribution >= 0.6 is 11.8 Å². The van der Waals surface area contributed by atoms with Crippen LogP contribution in [0.25, 0.3) is 0 Å². The van der Waals surface area contributed by atoms with E-state index in [2.05, 4.69) is 5.32 Å². The number of anilines is 2. The maximum Gasteiger partial charge on any atom is 0.416 e. The summed E-state index contributed by atoms with van der Waals surface area (Å²) in [4.78, 5) is 13.6. The summed E-state index contributed by atoms with van der Waals surface area (Å²) in [6.45, 7) is 0. The van der Waals surface area contributed by atoms with Crippen LogP contribution in [0, 0.1) is 0 Å². The van der Waals surface area contributed by atoms with Gasteiger partial charge in [-0.3, -0.25) is 4.79 Å². The normalized spacial score (nSPS) is 12.9. The molecule has 1 amide bonds. The van der Waals surface area contributed by atoms with E-state index in [1.807, 2.05) is 0 Å². The molecule has 0 aliphatic heterocycles. The van der Waals surface area contributed by atoms with Crippen LogP contribution in [0.4, 0.5) is 37.7 Å². The largest absolute Gasteiger partial charge is 0.416 e. The molecule has 32 heavy (non-hydrogen) atoms. The second-order valence-electron chi connectivity index (χ2n) is 6.73. The third-order valence-corrected chi connectivity index (χ3v) is 5.71. The molecule has 3 N–H and O–H groups in total. The van der Waals surface area contributed by atoms with Crippen molar-refractivity contribution in [2.75, 3.05) is 11.1 Å². The van der Waals surface area contributed by atoms with E-state index in [-0.39, 0.29) is 6.07 Å². The predicted octanol–water partition coefficient (Wildman–Crippen LogP) is 6.78. The highest BCUT2D eigenvalue weighted by atomic mass is 32.2. The van der Waals surface area contributed by atoms with Crippen LogP contribution in [0.3, 0.4) is 0 Å². The molecule has 3 aromatic carbocycles. The molecule has 10 heteroatoms. The minimum Gasteiger partial charge on any atom is -0.398 e. The number of alkyl halides is 6. The van der Waals surface area contributed by atoms with Crippen LogP contribution in [0.5, 0.6) is 0 Å². The number of hydrogen-bond acceptors (Lipinski definition) is 3. The maximum atomic E-state index is 13.1. The highest BCUT2D eigenvalue weighted by Crippen LogP contribution is 2.40. The Bertz CT molecular complexity index is 1070. The molecule has 0 saturated heterocycles. The van der Waals surface area contributed by atoms with Crippen LogP contribution in [0.15, 0.2) is 77.7 Å². The van der Waals surface area contributed by atoms with E-state index in [0.29, 0.717) is 28.3 Å². The monoisotopic (exact) mass is 470 g/mol. The summed E-state index contributed by atoms with van der Waals surface area (Å²) >= 11 is 1.03. The molecule has 0 fully saturated rings. The van der Waals surface area contributed by atoms with Crippen LogP contribution in [-0.2, 0) is 17.1 Å². The number of carbonyl (C=O) groups excluding carboxylic acids is 1. The number of para-hydroxylation sites is 1. The first-order valence-corrected chi connectivity index (χ1v) is 9.99. The van der Waals surface area contributed by atoms with Crippen molar-refractivity contribution in [3.05, 3.63) is 89.5 Å². The molecule has 0 bridgehead atoms. The lowest BCUT2D eigenvalue weighted by Crippen LogP contribution is -2.20. The molecule has 1 atom stereocenters. The van der Waals surface area contributed by atoms with Crippen molar-refractivity contribution in [3.8, 4) is 0 Å². The lowest BCUT2D eigenvalue weighted by Gasteiger charge is -2.19. The van der Waals surface area contributed by atoms with Gasteiger partial charge in [0.15, 0.2) is 0 Å². The van der Waals surface area contributed by atoms with Gasteiger partial charge in [-0.1, -0.05) is 42.5 Å².